The maximum atomic E-state index is 2.31. The van der Waals surface area contributed by atoms with Crippen molar-refractivity contribution in [2.24, 2.45) is 0 Å². The van der Waals surface area contributed by atoms with Gasteiger partial charge in [-0.25, -0.2) is 0 Å². The second-order valence-corrected chi connectivity index (χ2v) is 23.6. The van der Waals surface area contributed by atoms with Crippen molar-refractivity contribution in [1.29, 1.82) is 0 Å². The SMILES string of the molecule is C[Si](C)=[Zr+2].Cc1[cH-]c2ccccc2c1-c1ccc(C(C)(C)C)cc1.Cc1[cH-]c2ccccc2c1-c1ccc(C(C)(C)C)cc1.[Cl-].[Cl-]. The summed E-state index contributed by atoms with van der Waals surface area (Å²) >= 11 is 1.74. The Morgan fingerprint density at radius 1 is 0.500 bits per heavy atom. The first-order valence-corrected chi connectivity index (χ1v) is 21.9. The van der Waals surface area contributed by atoms with Crippen LogP contribution in [0.5, 0.6) is 0 Å². The van der Waals surface area contributed by atoms with Gasteiger partial charge in [0, 0.05) is 0 Å². The molecule has 46 heavy (non-hydrogen) atoms. The molecular formula is C42H48Cl2SiZr-2. The molecule has 0 N–H and O–H groups in total. The van der Waals surface area contributed by atoms with Gasteiger partial charge in [-0.05, 0) is 22.0 Å². The molecular weight excluding hydrogens is 695 g/mol. The largest absolute Gasteiger partial charge is 1.00 e. The van der Waals surface area contributed by atoms with Crippen LogP contribution in [0.15, 0.2) is 109 Å². The van der Waals surface area contributed by atoms with Crippen LogP contribution in [0, 0.1) is 13.8 Å². The number of hydrogen-bond acceptors (Lipinski definition) is 0. The van der Waals surface area contributed by atoms with Gasteiger partial charge in [-0.1, -0.05) is 127 Å². The van der Waals surface area contributed by atoms with Gasteiger partial charge in [0.1, 0.15) is 0 Å². The van der Waals surface area contributed by atoms with Gasteiger partial charge >= 0.3 is 41.9 Å². The van der Waals surface area contributed by atoms with E-state index in [4.69, 9.17) is 0 Å². The number of fused-ring (bicyclic) bond motifs is 2. The van der Waals surface area contributed by atoms with Crippen molar-refractivity contribution in [3.05, 3.63) is 131 Å². The predicted molar refractivity (Wildman–Crippen MR) is 194 cm³/mol. The van der Waals surface area contributed by atoms with Gasteiger partial charge in [0.05, 0.1) is 0 Å². The molecule has 0 amide bonds. The van der Waals surface area contributed by atoms with Crippen molar-refractivity contribution in [3.63, 3.8) is 0 Å². The van der Waals surface area contributed by atoms with Crippen molar-refractivity contribution < 1.29 is 48.1 Å². The Kier molecular flexibility index (Phi) is 14.5. The fourth-order valence-corrected chi connectivity index (χ4v) is 5.78. The van der Waals surface area contributed by atoms with Gasteiger partial charge < -0.3 is 24.8 Å². The molecule has 0 saturated carbocycles. The quantitative estimate of drug-likeness (QED) is 0.141. The van der Waals surface area contributed by atoms with E-state index in [0.717, 1.165) is 0 Å². The first-order chi connectivity index (χ1) is 20.7. The van der Waals surface area contributed by atoms with Crippen molar-refractivity contribution >= 4 is 27.0 Å². The molecule has 0 atom stereocenters. The summed E-state index contributed by atoms with van der Waals surface area (Å²) in [6, 6.07) is 39.9. The van der Waals surface area contributed by atoms with Crippen LogP contribution in [0.1, 0.15) is 63.8 Å². The first kappa shape index (κ1) is 40.0. The van der Waals surface area contributed by atoms with E-state index in [1.165, 1.54) is 66.1 Å². The minimum Gasteiger partial charge on any atom is -1.00 e. The van der Waals surface area contributed by atoms with Crippen LogP contribution >= 0.6 is 0 Å². The molecule has 240 valence electrons. The van der Waals surface area contributed by atoms with Gasteiger partial charge in [0.2, 0.25) is 0 Å². The molecule has 0 bridgehead atoms. The molecule has 4 heteroatoms. The van der Waals surface area contributed by atoms with Crippen LogP contribution in [-0.4, -0.2) is 5.43 Å². The number of benzene rings is 4. The Bertz CT molecular complexity index is 1720. The number of aryl methyl sites for hydroxylation is 2. The third-order valence-electron chi connectivity index (χ3n) is 8.07. The number of rotatable bonds is 2. The molecule has 0 spiro atoms. The third kappa shape index (κ3) is 9.90. The second kappa shape index (κ2) is 16.7. The number of halogens is 2. The van der Waals surface area contributed by atoms with Gasteiger partial charge in [-0.15, -0.1) is 92.3 Å². The van der Waals surface area contributed by atoms with Crippen molar-refractivity contribution in [2.75, 3.05) is 0 Å². The van der Waals surface area contributed by atoms with Crippen LogP contribution < -0.4 is 24.8 Å². The molecule has 0 nitrogen and oxygen atoms in total. The van der Waals surface area contributed by atoms with E-state index >= 15 is 0 Å². The molecule has 6 rings (SSSR count). The molecule has 0 fully saturated rings. The van der Waals surface area contributed by atoms with Crippen LogP contribution in [0.3, 0.4) is 0 Å². The molecule has 0 radical (unpaired) electrons. The van der Waals surface area contributed by atoms with E-state index in [1.54, 1.807) is 23.3 Å². The van der Waals surface area contributed by atoms with E-state index in [1.807, 2.05) is 0 Å². The second-order valence-electron chi connectivity index (χ2n) is 14.2. The Labute approximate surface area is 306 Å². The molecule has 0 heterocycles. The molecule has 0 unspecified atom stereocenters. The zero-order chi connectivity index (χ0) is 32.2. The normalized spacial score (nSPS) is 11.0. The van der Waals surface area contributed by atoms with Crippen molar-refractivity contribution in [2.45, 2.75) is 79.3 Å². The van der Waals surface area contributed by atoms with Gasteiger partial charge in [0.15, 0.2) is 0 Å². The summed E-state index contributed by atoms with van der Waals surface area (Å²) < 4.78 is 0. The van der Waals surface area contributed by atoms with Gasteiger partial charge in [-0.3, -0.25) is 0 Å². The molecule has 6 aromatic rings. The summed E-state index contributed by atoms with van der Waals surface area (Å²) in [5.74, 6) is 0. The average Bonchev–Trinajstić information content (AvgIpc) is 3.47. The fraction of sp³-hybridized carbons (Fsp3) is 0.286. The summed E-state index contributed by atoms with van der Waals surface area (Å²) in [5.41, 5.74) is 11.5. The van der Waals surface area contributed by atoms with E-state index in [-0.39, 0.29) is 41.1 Å². The maximum Gasteiger partial charge on any atom is -0.0132 e. The molecule has 0 aliphatic carbocycles. The zero-order valence-electron chi connectivity index (χ0n) is 29.1. The van der Waals surface area contributed by atoms with Crippen molar-refractivity contribution in [1.82, 2.24) is 0 Å². The van der Waals surface area contributed by atoms with E-state index in [9.17, 15) is 0 Å². The van der Waals surface area contributed by atoms with Crippen LogP contribution in [0.4, 0.5) is 0 Å². The van der Waals surface area contributed by atoms with Crippen molar-refractivity contribution in [3.8, 4) is 22.3 Å². The molecule has 0 saturated heterocycles. The standard InChI is InChI=1S/2C20H21.C2H6Si.2ClH.Zr/c2*1-14-13-16-7-5-6-8-18(16)19(14)15-9-11-17(12-10-15)20(2,3)4;1-3-2;;;/h2*5-13H,1-4H3;1-2H3;2*1H;/q2*-1;;;;+2/p-2. The first-order valence-electron chi connectivity index (χ1n) is 15.7. The fourth-order valence-electron chi connectivity index (χ4n) is 5.78. The Hall–Kier alpha value is -2.22. The van der Waals surface area contributed by atoms with E-state index in [2.05, 4.69) is 178 Å². The average molecular weight is 743 g/mol. The molecule has 0 aliphatic heterocycles. The summed E-state index contributed by atoms with van der Waals surface area (Å²) in [6.45, 7) is 22.6. The predicted octanol–water partition coefficient (Wildman–Crippen LogP) is 6.46. The topological polar surface area (TPSA) is 0 Å². The van der Waals surface area contributed by atoms with Gasteiger partial charge in [-0.2, -0.15) is 0 Å². The molecule has 0 aliphatic rings. The minimum absolute atomic E-state index is 0. The summed E-state index contributed by atoms with van der Waals surface area (Å²) in [5, 5.41) is 5.38. The molecule has 0 aromatic heterocycles. The Morgan fingerprint density at radius 2 is 0.783 bits per heavy atom. The van der Waals surface area contributed by atoms with Crippen LogP contribution in [0.25, 0.3) is 43.8 Å². The summed E-state index contributed by atoms with van der Waals surface area (Å²) in [6.07, 6.45) is 0. The molecule has 6 aromatic carbocycles. The van der Waals surface area contributed by atoms with Crippen LogP contribution in [-0.2, 0) is 34.2 Å². The van der Waals surface area contributed by atoms with Gasteiger partial charge in [0.25, 0.3) is 0 Å². The summed E-state index contributed by atoms with van der Waals surface area (Å²) in [4.78, 5) is 0. The Balaban J connectivity index is 0.000000276. The monoisotopic (exact) mass is 740 g/mol. The van der Waals surface area contributed by atoms with E-state index < -0.39 is 0 Å². The van der Waals surface area contributed by atoms with Crippen LogP contribution in [0.2, 0.25) is 13.1 Å². The minimum atomic E-state index is 0. The third-order valence-corrected chi connectivity index (χ3v) is 8.07. The Morgan fingerprint density at radius 3 is 1.07 bits per heavy atom. The smallest absolute Gasteiger partial charge is 0.0132 e. The van der Waals surface area contributed by atoms with E-state index in [0.29, 0.717) is 0 Å². The summed E-state index contributed by atoms with van der Waals surface area (Å²) in [7, 11) is 0. The number of hydrogen-bond donors (Lipinski definition) is 0. The zero-order valence-corrected chi connectivity index (χ0v) is 34.1. The maximum absolute atomic E-state index is 2.31.